The fourth-order valence-electron chi connectivity index (χ4n) is 3.85. The molecule has 0 radical (unpaired) electrons. The first kappa shape index (κ1) is 14.7. The first-order valence-electron chi connectivity index (χ1n) is 8.39. The van der Waals surface area contributed by atoms with E-state index in [9.17, 15) is 0 Å². The quantitative estimate of drug-likeness (QED) is 0.882. The standard InChI is InChI=1S/C17H23N5O/c1-3-14(18-6-1)12-22-9-10-23-16-13(4-5-15(16)22)11-21-17-19-7-2-8-20-17/h1-3,6-8,13,15-16,18H,4-5,9-12H2,(H,19,20,21). The van der Waals surface area contributed by atoms with Crippen LogP contribution < -0.4 is 5.32 Å². The molecule has 3 unspecified atom stereocenters. The van der Waals surface area contributed by atoms with Crippen molar-refractivity contribution in [2.45, 2.75) is 31.5 Å². The largest absolute Gasteiger partial charge is 0.375 e. The van der Waals surface area contributed by atoms with E-state index < -0.39 is 0 Å². The number of fused-ring (bicyclic) bond motifs is 1. The molecule has 2 aromatic heterocycles. The molecule has 3 atom stereocenters. The highest BCUT2D eigenvalue weighted by atomic mass is 16.5. The van der Waals surface area contributed by atoms with E-state index in [2.05, 4.69) is 37.3 Å². The molecular weight excluding hydrogens is 290 g/mol. The Morgan fingerprint density at radius 3 is 3.00 bits per heavy atom. The first-order valence-corrected chi connectivity index (χ1v) is 8.39. The van der Waals surface area contributed by atoms with Crippen molar-refractivity contribution < 1.29 is 4.74 Å². The van der Waals surface area contributed by atoms with E-state index in [1.807, 2.05) is 12.3 Å². The van der Waals surface area contributed by atoms with E-state index >= 15 is 0 Å². The van der Waals surface area contributed by atoms with Gasteiger partial charge in [-0.05, 0) is 31.0 Å². The Hall–Kier alpha value is -1.92. The van der Waals surface area contributed by atoms with Crippen molar-refractivity contribution in [1.82, 2.24) is 19.9 Å². The Labute approximate surface area is 136 Å². The minimum Gasteiger partial charge on any atom is -0.375 e. The summed E-state index contributed by atoms with van der Waals surface area (Å²) in [5.41, 5.74) is 1.28. The molecule has 6 heteroatoms. The van der Waals surface area contributed by atoms with Crippen molar-refractivity contribution in [3.05, 3.63) is 42.5 Å². The summed E-state index contributed by atoms with van der Waals surface area (Å²) >= 11 is 0. The van der Waals surface area contributed by atoms with Crippen molar-refractivity contribution in [2.75, 3.05) is 25.0 Å². The monoisotopic (exact) mass is 313 g/mol. The van der Waals surface area contributed by atoms with Crippen LogP contribution in [-0.2, 0) is 11.3 Å². The van der Waals surface area contributed by atoms with Crippen LogP contribution in [0.1, 0.15) is 18.5 Å². The number of H-pyrrole nitrogens is 1. The molecule has 1 saturated heterocycles. The second-order valence-electron chi connectivity index (χ2n) is 6.36. The average molecular weight is 313 g/mol. The zero-order valence-corrected chi connectivity index (χ0v) is 13.2. The molecule has 6 nitrogen and oxygen atoms in total. The van der Waals surface area contributed by atoms with Gasteiger partial charge in [0.1, 0.15) is 0 Å². The van der Waals surface area contributed by atoms with Gasteiger partial charge in [-0.15, -0.1) is 0 Å². The van der Waals surface area contributed by atoms with E-state index in [4.69, 9.17) is 4.74 Å². The number of ether oxygens (including phenoxy) is 1. The predicted octanol–water partition coefficient (Wildman–Crippen LogP) is 1.90. The summed E-state index contributed by atoms with van der Waals surface area (Å²) in [6.07, 6.45) is 8.23. The summed E-state index contributed by atoms with van der Waals surface area (Å²) in [7, 11) is 0. The molecule has 1 aliphatic heterocycles. The molecule has 4 rings (SSSR count). The van der Waals surface area contributed by atoms with Crippen molar-refractivity contribution in [3.8, 4) is 0 Å². The lowest BCUT2D eigenvalue weighted by molar-refractivity contribution is -0.0748. The summed E-state index contributed by atoms with van der Waals surface area (Å²) < 4.78 is 6.12. The van der Waals surface area contributed by atoms with Gasteiger partial charge in [0.2, 0.25) is 5.95 Å². The molecule has 1 aliphatic carbocycles. The molecule has 122 valence electrons. The van der Waals surface area contributed by atoms with Gasteiger partial charge in [0.15, 0.2) is 0 Å². The number of hydrogen-bond acceptors (Lipinski definition) is 5. The molecule has 3 heterocycles. The number of aromatic amines is 1. The number of nitrogens with one attached hydrogen (secondary N) is 2. The first-order chi connectivity index (χ1) is 11.4. The SMILES string of the molecule is c1cnc(NCC2CCC3C2OCCN3Cc2ccc[nH]2)nc1. The molecule has 0 aromatic carbocycles. The van der Waals surface area contributed by atoms with Gasteiger partial charge in [0.25, 0.3) is 0 Å². The topological polar surface area (TPSA) is 66.1 Å². The predicted molar refractivity (Wildman–Crippen MR) is 88.0 cm³/mol. The smallest absolute Gasteiger partial charge is 0.222 e. The Kier molecular flexibility index (Phi) is 4.26. The Balaban J connectivity index is 1.37. The Morgan fingerprint density at radius 1 is 1.26 bits per heavy atom. The summed E-state index contributed by atoms with van der Waals surface area (Å²) in [5.74, 6) is 1.23. The molecule has 2 fully saturated rings. The van der Waals surface area contributed by atoms with Crippen LogP contribution in [0.15, 0.2) is 36.8 Å². The van der Waals surface area contributed by atoms with Gasteiger partial charge in [-0.2, -0.15) is 0 Å². The lowest BCUT2D eigenvalue weighted by atomic mass is 10.0. The third kappa shape index (κ3) is 3.23. The molecule has 1 saturated carbocycles. The van der Waals surface area contributed by atoms with Crippen molar-refractivity contribution >= 4 is 5.95 Å². The van der Waals surface area contributed by atoms with Crippen LogP contribution in [0, 0.1) is 5.92 Å². The third-order valence-electron chi connectivity index (χ3n) is 4.96. The molecule has 2 aliphatic rings. The lowest BCUT2D eigenvalue weighted by Crippen LogP contribution is -2.50. The van der Waals surface area contributed by atoms with Gasteiger partial charge < -0.3 is 15.0 Å². The number of aromatic nitrogens is 3. The summed E-state index contributed by atoms with van der Waals surface area (Å²) in [6.45, 7) is 3.70. The van der Waals surface area contributed by atoms with Gasteiger partial charge in [-0.3, -0.25) is 4.90 Å². The highest BCUT2D eigenvalue weighted by Crippen LogP contribution is 2.35. The van der Waals surface area contributed by atoms with Crippen LogP contribution in [0.4, 0.5) is 5.95 Å². The van der Waals surface area contributed by atoms with Gasteiger partial charge >= 0.3 is 0 Å². The molecule has 0 amide bonds. The van der Waals surface area contributed by atoms with E-state index in [0.29, 0.717) is 24.0 Å². The molecule has 23 heavy (non-hydrogen) atoms. The van der Waals surface area contributed by atoms with Crippen LogP contribution in [0.2, 0.25) is 0 Å². The second kappa shape index (κ2) is 6.68. The lowest BCUT2D eigenvalue weighted by Gasteiger charge is -2.39. The van der Waals surface area contributed by atoms with Gasteiger partial charge in [-0.1, -0.05) is 0 Å². The molecule has 2 aromatic rings. The maximum Gasteiger partial charge on any atom is 0.222 e. The van der Waals surface area contributed by atoms with Gasteiger partial charge in [0.05, 0.1) is 12.7 Å². The number of hydrogen-bond donors (Lipinski definition) is 2. The minimum atomic E-state index is 0.315. The van der Waals surface area contributed by atoms with E-state index in [1.54, 1.807) is 12.4 Å². The zero-order valence-electron chi connectivity index (χ0n) is 13.2. The van der Waals surface area contributed by atoms with Crippen LogP contribution in [0.3, 0.4) is 0 Å². The van der Waals surface area contributed by atoms with Crippen molar-refractivity contribution in [3.63, 3.8) is 0 Å². The molecule has 0 spiro atoms. The number of nitrogens with zero attached hydrogens (tertiary/aromatic N) is 3. The van der Waals surface area contributed by atoms with E-state index in [-0.39, 0.29) is 0 Å². The van der Waals surface area contributed by atoms with E-state index in [0.717, 1.165) is 26.2 Å². The number of rotatable bonds is 5. The third-order valence-corrected chi connectivity index (χ3v) is 4.96. The van der Waals surface area contributed by atoms with Gasteiger partial charge in [-0.25, -0.2) is 9.97 Å². The second-order valence-corrected chi connectivity index (χ2v) is 6.36. The van der Waals surface area contributed by atoms with Crippen LogP contribution >= 0.6 is 0 Å². The average Bonchev–Trinajstić information content (AvgIpc) is 3.24. The zero-order chi connectivity index (χ0) is 15.5. The normalized spacial score (nSPS) is 27.7. The Bertz CT molecular complexity index is 603. The van der Waals surface area contributed by atoms with Crippen molar-refractivity contribution in [2.24, 2.45) is 5.92 Å². The highest BCUT2D eigenvalue weighted by molar-refractivity contribution is 5.22. The Morgan fingerprint density at radius 2 is 2.17 bits per heavy atom. The van der Waals surface area contributed by atoms with Gasteiger partial charge in [0, 0.05) is 55.9 Å². The number of anilines is 1. The molecule has 0 bridgehead atoms. The minimum absolute atomic E-state index is 0.315. The van der Waals surface area contributed by atoms with Crippen LogP contribution in [-0.4, -0.2) is 51.7 Å². The fourth-order valence-corrected chi connectivity index (χ4v) is 3.85. The fraction of sp³-hybridized carbons (Fsp3) is 0.529. The molecule has 2 N–H and O–H groups in total. The summed E-state index contributed by atoms with van der Waals surface area (Å²) in [4.78, 5) is 14.3. The van der Waals surface area contributed by atoms with E-state index in [1.165, 1.54) is 18.5 Å². The van der Waals surface area contributed by atoms with Crippen LogP contribution in [0.5, 0.6) is 0 Å². The molecular formula is C17H23N5O. The summed E-state index contributed by atoms with van der Waals surface area (Å²) in [5, 5.41) is 3.35. The van der Waals surface area contributed by atoms with Crippen molar-refractivity contribution in [1.29, 1.82) is 0 Å². The van der Waals surface area contributed by atoms with Crippen LogP contribution in [0.25, 0.3) is 0 Å². The summed E-state index contributed by atoms with van der Waals surface area (Å²) in [6, 6.07) is 6.58. The highest BCUT2D eigenvalue weighted by Gasteiger charge is 2.42. The maximum absolute atomic E-state index is 6.12. The maximum atomic E-state index is 6.12. The number of morpholine rings is 1.